The lowest BCUT2D eigenvalue weighted by atomic mass is 10.3. The van der Waals surface area contributed by atoms with Crippen molar-refractivity contribution in [2.75, 3.05) is 10.1 Å². The van der Waals surface area contributed by atoms with Gasteiger partial charge in [-0.25, -0.2) is 8.42 Å². The number of rotatable bonds is 2. The summed E-state index contributed by atoms with van der Waals surface area (Å²) in [6.07, 6.45) is 0.951. The Labute approximate surface area is 81.5 Å². The van der Waals surface area contributed by atoms with Crippen LogP contribution in [0, 0.1) is 0 Å². The predicted octanol–water partition coefficient (Wildman–Crippen LogP) is 1.31. The highest BCUT2D eigenvalue weighted by atomic mass is 35.5. The second-order valence-corrected chi connectivity index (χ2v) is 4.84. The molecule has 0 spiro atoms. The summed E-state index contributed by atoms with van der Waals surface area (Å²) >= 11 is 5.47. The molecule has 1 rings (SSSR count). The Bertz CT molecular complexity index is 404. The normalized spacial score (nSPS) is 11.2. The summed E-state index contributed by atoms with van der Waals surface area (Å²) < 4.78 is 22.4. The van der Waals surface area contributed by atoms with Crippen LogP contribution in [-0.4, -0.2) is 19.8 Å². The number of aromatic hydroxyl groups is 1. The highest BCUT2D eigenvalue weighted by Crippen LogP contribution is 2.29. The third-order valence-corrected chi connectivity index (χ3v) is 3.08. The highest BCUT2D eigenvalue weighted by Gasteiger charge is 2.17. The third kappa shape index (κ3) is 2.26. The van der Waals surface area contributed by atoms with E-state index < -0.39 is 10.0 Å². The predicted molar refractivity (Wildman–Crippen MR) is 51.3 cm³/mol. The number of hydrogen-bond acceptors (Lipinski definition) is 3. The fourth-order valence-electron chi connectivity index (χ4n) is 0.791. The molecule has 0 radical (unpaired) electrons. The highest BCUT2D eigenvalue weighted by molar-refractivity contribution is 7.93. The lowest BCUT2D eigenvalue weighted by molar-refractivity contribution is 0.477. The summed E-state index contributed by atoms with van der Waals surface area (Å²) in [6.45, 7) is 0. The Morgan fingerprint density at radius 3 is 2.38 bits per heavy atom. The van der Waals surface area contributed by atoms with E-state index in [-0.39, 0.29) is 11.4 Å². The van der Waals surface area contributed by atoms with Gasteiger partial charge >= 0.3 is 0 Å². The number of hydrogen-bond donors (Lipinski definition) is 1. The minimum absolute atomic E-state index is 0.0478. The Morgan fingerprint density at radius 2 is 1.92 bits per heavy atom. The first-order valence-electron chi connectivity index (χ1n) is 3.37. The van der Waals surface area contributed by atoms with E-state index in [1.807, 2.05) is 0 Å². The molecule has 0 atom stereocenters. The van der Waals surface area contributed by atoms with Crippen LogP contribution >= 0.6 is 11.8 Å². The van der Waals surface area contributed by atoms with E-state index in [9.17, 15) is 13.5 Å². The molecule has 0 aliphatic rings. The summed E-state index contributed by atoms with van der Waals surface area (Å²) in [4.78, 5) is 0. The summed E-state index contributed by atoms with van der Waals surface area (Å²) in [5, 5.41) is 9.25. The van der Waals surface area contributed by atoms with Crippen molar-refractivity contribution in [2.24, 2.45) is 0 Å². The monoisotopic (exact) mass is 221 g/mol. The molecule has 0 fully saturated rings. The third-order valence-electron chi connectivity index (χ3n) is 1.36. The number of halogens is 1. The van der Waals surface area contributed by atoms with Crippen LogP contribution in [0.5, 0.6) is 5.75 Å². The quantitative estimate of drug-likeness (QED) is 0.767. The number of phenols is 1. The molecule has 0 saturated carbocycles. The molecule has 13 heavy (non-hydrogen) atoms. The van der Waals surface area contributed by atoms with E-state index in [0.29, 0.717) is 3.82 Å². The smallest absolute Gasteiger partial charge is 0.246 e. The summed E-state index contributed by atoms with van der Waals surface area (Å²) in [5.41, 5.74) is 0.0478. The molecule has 0 unspecified atom stereocenters. The van der Waals surface area contributed by atoms with E-state index in [0.717, 1.165) is 6.26 Å². The van der Waals surface area contributed by atoms with Crippen LogP contribution in [0.15, 0.2) is 24.3 Å². The van der Waals surface area contributed by atoms with Crippen LogP contribution in [0.1, 0.15) is 0 Å². The number of anilines is 1. The van der Waals surface area contributed by atoms with Crippen molar-refractivity contribution in [1.29, 1.82) is 0 Å². The molecular formula is C7H8ClNO3S. The molecule has 0 aromatic heterocycles. The maximum absolute atomic E-state index is 11.0. The maximum atomic E-state index is 11.0. The van der Waals surface area contributed by atoms with Gasteiger partial charge in [0.15, 0.2) is 0 Å². The number of nitrogens with zero attached hydrogens (tertiary/aromatic N) is 1. The van der Waals surface area contributed by atoms with Gasteiger partial charge in [0.1, 0.15) is 11.4 Å². The number of phenolic OH excluding ortho intramolecular Hbond substituents is 1. The molecule has 0 amide bonds. The van der Waals surface area contributed by atoms with Gasteiger partial charge in [-0.1, -0.05) is 12.1 Å². The lowest BCUT2D eigenvalue weighted by Gasteiger charge is -2.13. The summed E-state index contributed by atoms with van der Waals surface area (Å²) in [5.74, 6) is -0.178. The van der Waals surface area contributed by atoms with E-state index >= 15 is 0 Å². The van der Waals surface area contributed by atoms with Gasteiger partial charge in [-0.2, -0.15) is 3.82 Å². The molecule has 0 aliphatic carbocycles. The molecular weight excluding hydrogens is 214 g/mol. The van der Waals surface area contributed by atoms with Crippen LogP contribution in [-0.2, 0) is 10.0 Å². The molecule has 1 aromatic carbocycles. The van der Waals surface area contributed by atoms with Crippen molar-refractivity contribution in [3.63, 3.8) is 0 Å². The largest absolute Gasteiger partial charge is 0.506 e. The van der Waals surface area contributed by atoms with E-state index in [4.69, 9.17) is 11.8 Å². The molecule has 0 saturated heterocycles. The molecule has 1 aromatic rings. The summed E-state index contributed by atoms with van der Waals surface area (Å²) in [6, 6.07) is 5.92. The lowest BCUT2D eigenvalue weighted by Crippen LogP contribution is -2.18. The summed E-state index contributed by atoms with van der Waals surface area (Å²) in [7, 11) is -3.54. The van der Waals surface area contributed by atoms with Gasteiger partial charge in [0, 0.05) is 11.8 Å². The molecule has 4 nitrogen and oxygen atoms in total. The van der Waals surface area contributed by atoms with Gasteiger partial charge in [0.05, 0.1) is 6.26 Å². The van der Waals surface area contributed by atoms with Crippen LogP contribution < -0.4 is 3.82 Å². The standard InChI is InChI=1S/C7H8ClNO3S/c1-13(11,12)9(8)6-4-2-3-5-7(6)10/h2-5,10H,1H3. The Hall–Kier alpha value is -0.940. The van der Waals surface area contributed by atoms with Gasteiger partial charge in [0.2, 0.25) is 10.0 Å². The Kier molecular flexibility index (Phi) is 2.68. The number of para-hydroxylation sites is 2. The van der Waals surface area contributed by atoms with Crippen LogP contribution in [0.3, 0.4) is 0 Å². The molecule has 6 heteroatoms. The zero-order valence-electron chi connectivity index (χ0n) is 6.81. The first-order valence-corrected chi connectivity index (χ1v) is 5.55. The fourth-order valence-corrected chi connectivity index (χ4v) is 1.45. The van der Waals surface area contributed by atoms with Crippen molar-refractivity contribution in [3.8, 4) is 5.75 Å². The van der Waals surface area contributed by atoms with Crippen molar-refractivity contribution < 1.29 is 13.5 Å². The molecule has 0 bridgehead atoms. The molecule has 1 N–H and O–H groups in total. The van der Waals surface area contributed by atoms with Gasteiger partial charge in [-0.05, 0) is 12.1 Å². The van der Waals surface area contributed by atoms with Gasteiger partial charge in [-0.15, -0.1) is 0 Å². The van der Waals surface area contributed by atoms with E-state index in [1.54, 1.807) is 12.1 Å². The van der Waals surface area contributed by atoms with Crippen molar-refractivity contribution in [3.05, 3.63) is 24.3 Å². The molecule has 0 aliphatic heterocycles. The molecule has 72 valence electrons. The zero-order valence-corrected chi connectivity index (χ0v) is 8.38. The van der Waals surface area contributed by atoms with Gasteiger partial charge < -0.3 is 5.11 Å². The Balaban J connectivity index is 3.17. The van der Waals surface area contributed by atoms with Crippen LogP contribution in [0.25, 0.3) is 0 Å². The first-order chi connectivity index (χ1) is 5.93. The van der Waals surface area contributed by atoms with E-state index in [1.165, 1.54) is 12.1 Å². The minimum Gasteiger partial charge on any atom is -0.506 e. The first kappa shape index (κ1) is 10.1. The number of benzene rings is 1. The fraction of sp³-hybridized carbons (Fsp3) is 0.143. The molecule has 0 heterocycles. The van der Waals surface area contributed by atoms with Crippen LogP contribution in [0.4, 0.5) is 5.69 Å². The van der Waals surface area contributed by atoms with Crippen molar-refractivity contribution in [1.82, 2.24) is 0 Å². The van der Waals surface area contributed by atoms with Gasteiger partial charge in [-0.3, -0.25) is 0 Å². The number of sulfonamides is 1. The van der Waals surface area contributed by atoms with Crippen LogP contribution in [0.2, 0.25) is 0 Å². The minimum atomic E-state index is -3.54. The average Bonchev–Trinajstić information content (AvgIpc) is 2.02. The topological polar surface area (TPSA) is 57.6 Å². The SMILES string of the molecule is CS(=O)(=O)N(Cl)c1ccccc1O. The maximum Gasteiger partial charge on any atom is 0.246 e. The van der Waals surface area contributed by atoms with Gasteiger partial charge in [0.25, 0.3) is 0 Å². The second-order valence-electron chi connectivity index (χ2n) is 2.47. The van der Waals surface area contributed by atoms with E-state index in [2.05, 4.69) is 0 Å². The Morgan fingerprint density at radius 1 is 1.38 bits per heavy atom. The van der Waals surface area contributed by atoms with Crippen molar-refractivity contribution in [2.45, 2.75) is 0 Å². The average molecular weight is 222 g/mol. The second kappa shape index (κ2) is 3.43. The zero-order chi connectivity index (χ0) is 10.1. The van der Waals surface area contributed by atoms with Crippen molar-refractivity contribution >= 4 is 27.5 Å².